The number of thiophene rings is 1. The molecule has 0 N–H and O–H groups in total. The normalized spacial score (nSPS) is 10.8. The molecule has 0 bridgehead atoms. The molecule has 0 unspecified atom stereocenters. The number of nitrogens with zero attached hydrogens (tertiary/aromatic N) is 4. The third-order valence-electron chi connectivity index (χ3n) is 2.42. The van der Waals surface area contributed by atoms with E-state index >= 15 is 0 Å². The Balaban J connectivity index is 2.02. The van der Waals surface area contributed by atoms with Crippen LogP contribution in [-0.4, -0.2) is 19.7 Å². The second-order valence-electron chi connectivity index (χ2n) is 3.65. The molecular weight excluding hydrogens is 332 g/mol. The summed E-state index contributed by atoms with van der Waals surface area (Å²) in [5, 5.41) is 3.75. The average molecular weight is 339 g/mol. The fraction of sp³-hybridized carbons (Fsp3) is 0.0909. The van der Waals surface area contributed by atoms with Gasteiger partial charge in [-0.3, -0.25) is 9.51 Å². The lowest BCUT2D eigenvalue weighted by Crippen LogP contribution is -2.16. The van der Waals surface area contributed by atoms with E-state index in [4.69, 9.17) is 4.52 Å². The molecule has 3 heterocycles. The van der Waals surface area contributed by atoms with Crippen LogP contribution < -0.4 is 5.76 Å². The summed E-state index contributed by atoms with van der Waals surface area (Å²) in [6, 6.07) is 3.87. The van der Waals surface area contributed by atoms with Gasteiger partial charge < -0.3 is 0 Å². The Morgan fingerprint density at radius 2 is 2.26 bits per heavy atom. The number of halogens is 1. The minimum Gasteiger partial charge on any atom is -0.295 e. The number of hydrogen-bond donors (Lipinski definition) is 0. The zero-order chi connectivity index (χ0) is 13.2. The molecule has 6 nitrogen and oxygen atoms in total. The Morgan fingerprint density at radius 1 is 1.37 bits per heavy atom. The van der Waals surface area contributed by atoms with Crippen LogP contribution in [0, 0.1) is 0 Å². The highest BCUT2D eigenvalue weighted by atomic mass is 79.9. The summed E-state index contributed by atoms with van der Waals surface area (Å²) >= 11 is 4.94. The molecule has 0 radical (unpaired) electrons. The number of rotatable bonds is 3. The van der Waals surface area contributed by atoms with Crippen LogP contribution >= 0.6 is 27.3 Å². The van der Waals surface area contributed by atoms with Crippen LogP contribution in [0.3, 0.4) is 0 Å². The summed E-state index contributed by atoms with van der Waals surface area (Å²) < 4.78 is 7.15. The molecule has 0 fully saturated rings. The van der Waals surface area contributed by atoms with E-state index < -0.39 is 5.76 Å². The largest absolute Gasteiger partial charge is 0.442 e. The van der Waals surface area contributed by atoms with Crippen molar-refractivity contribution in [2.24, 2.45) is 0 Å². The van der Waals surface area contributed by atoms with Crippen LogP contribution in [0.4, 0.5) is 0 Å². The van der Waals surface area contributed by atoms with Gasteiger partial charge in [-0.25, -0.2) is 14.3 Å². The zero-order valence-corrected chi connectivity index (χ0v) is 11.9. The molecule has 8 heteroatoms. The third kappa shape index (κ3) is 2.49. The van der Waals surface area contributed by atoms with Crippen LogP contribution in [0.15, 0.2) is 43.8 Å². The van der Waals surface area contributed by atoms with Gasteiger partial charge in [0.05, 0.1) is 16.5 Å². The maximum absolute atomic E-state index is 11.7. The van der Waals surface area contributed by atoms with Gasteiger partial charge in [-0.05, 0) is 28.1 Å². The van der Waals surface area contributed by atoms with Crippen molar-refractivity contribution in [3.8, 4) is 11.5 Å². The van der Waals surface area contributed by atoms with E-state index in [1.807, 2.05) is 12.1 Å². The number of hydrogen-bond acceptors (Lipinski definition) is 6. The molecule has 0 saturated carbocycles. The molecule has 0 aromatic carbocycles. The maximum atomic E-state index is 11.7. The van der Waals surface area contributed by atoms with E-state index in [1.165, 1.54) is 10.8 Å². The topological polar surface area (TPSA) is 73.8 Å². The van der Waals surface area contributed by atoms with E-state index in [2.05, 4.69) is 31.1 Å². The van der Waals surface area contributed by atoms with E-state index in [-0.39, 0.29) is 0 Å². The molecule has 19 heavy (non-hydrogen) atoms. The number of aromatic nitrogens is 4. The van der Waals surface area contributed by atoms with Crippen molar-refractivity contribution in [3.05, 3.63) is 49.9 Å². The van der Waals surface area contributed by atoms with Crippen molar-refractivity contribution in [1.82, 2.24) is 19.7 Å². The lowest BCUT2D eigenvalue weighted by molar-refractivity contribution is 0.378. The predicted octanol–water partition coefficient (Wildman–Crippen LogP) is 2.17. The molecular formula is C11H7BrN4O2S. The molecule has 0 spiro atoms. The average Bonchev–Trinajstić information content (AvgIpc) is 2.99. The molecule has 0 aliphatic rings. The standard InChI is InChI=1S/C11H7BrN4O2S/c12-9-2-1-7(19-9)6-16-10(15-18-11(16)17)8-5-13-3-4-14-8/h1-5H,6H2. The van der Waals surface area contributed by atoms with Gasteiger partial charge in [-0.15, -0.1) is 11.3 Å². The summed E-state index contributed by atoms with van der Waals surface area (Å²) in [6.45, 7) is 0.393. The first-order chi connectivity index (χ1) is 9.24. The highest BCUT2D eigenvalue weighted by Crippen LogP contribution is 2.23. The van der Waals surface area contributed by atoms with Crippen molar-refractivity contribution in [2.45, 2.75) is 6.54 Å². The molecule has 0 atom stereocenters. The highest BCUT2D eigenvalue weighted by Gasteiger charge is 2.15. The Kier molecular flexibility index (Phi) is 3.26. The summed E-state index contributed by atoms with van der Waals surface area (Å²) in [5.41, 5.74) is 0.504. The van der Waals surface area contributed by atoms with Crippen molar-refractivity contribution < 1.29 is 4.52 Å². The SMILES string of the molecule is O=c1onc(-c2cnccn2)n1Cc1ccc(Br)s1. The molecule has 0 aliphatic heterocycles. The van der Waals surface area contributed by atoms with E-state index in [1.54, 1.807) is 23.7 Å². The van der Waals surface area contributed by atoms with Crippen molar-refractivity contribution in [3.63, 3.8) is 0 Å². The van der Waals surface area contributed by atoms with Gasteiger partial charge >= 0.3 is 5.76 Å². The van der Waals surface area contributed by atoms with Crippen molar-refractivity contribution in [1.29, 1.82) is 0 Å². The monoisotopic (exact) mass is 338 g/mol. The van der Waals surface area contributed by atoms with E-state index in [0.717, 1.165) is 8.66 Å². The Labute approximate surface area is 119 Å². The maximum Gasteiger partial charge on any atom is 0.442 e. The second-order valence-corrected chi connectivity index (χ2v) is 6.20. The summed E-state index contributed by atoms with van der Waals surface area (Å²) in [7, 11) is 0. The summed E-state index contributed by atoms with van der Waals surface area (Å²) in [4.78, 5) is 20.8. The van der Waals surface area contributed by atoms with E-state index in [9.17, 15) is 4.79 Å². The first-order valence-electron chi connectivity index (χ1n) is 5.31. The van der Waals surface area contributed by atoms with Gasteiger partial charge in [0.15, 0.2) is 0 Å². The lowest BCUT2D eigenvalue weighted by atomic mass is 10.4. The highest BCUT2D eigenvalue weighted by molar-refractivity contribution is 9.11. The van der Waals surface area contributed by atoms with Gasteiger partial charge in [-0.2, -0.15) is 0 Å². The van der Waals surface area contributed by atoms with Gasteiger partial charge in [-0.1, -0.05) is 5.16 Å². The molecule has 96 valence electrons. The fourth-order valence-corrected chi connectivity index (χ4v) is 3.07. The first kappa shape index (κ1) is 12.2. The minimum absolute atomic E-state index is 0.377. The Morgan fingerprint density at radius 3 is 2.95 bits per heavy atom. The molecule has 3 aromatic heterocycles. The predicted molar refractivity (Wildman–Crippen MR) is 72.9 cm³/mol. The minimum atomic E-state index is -0.509. The van der Waals surface area contributed by atoms with Gasteiger partial charge in [0.2, 0.25) is 5.82 Å². The molecule has 3 aromatic rings. The lowest BCUT2D eigenvalue weighted by Gasteiger charge is -2.01. The summed E-state index contributed by atoms with van der Waals surface area (Å²) in [6.07, 6.45) is 4.64. The first-order valence-corrected chi connectivity index (χ1v) is 6.92. The Hall–Kier alpha value is -1.80. The van der Waals surface area contributed by atoms with Crippen LogP contribution in [0.2, 0.25) is 0 Å². The molecule has 3 rings (SSSR count). The summed E-state index contributed by atoms with van der Waals surface area (Å²) in [5.74, 6) is -0.132. The molecule has 0 saturated heterocycles. The smallest absolute Gasteiger partial charge is 0.295 e. The fourth-order valence-electron chi connectivity index (χ4n) is 1.60. The molecule has 0 aliphatic carbocycles. The second kappa shape index (κ2) is 5.06. The van der Waals surface area contributed by atoms with E-state index in [0.29, 0.717) is 18.1 Å². The van der Waals surface area contributed by atoms with Crippen molar-refractivity contribution in [2.75, 3.05) is 0 Å². The van der Waals surface area contributed by atoms with Gasteiger partial charge in [0.25, 0.3) is 0 Å². The van der Waals surface area contributed by atoms with Crippen molar-refractivity contribution >= 4 is 27.3 Å². The van der Waals surface area contributed by atoms with Crippen LogP contribution in [-0.2, 0) is 6.54 Å². The van der Waals surface area contributed by atoms with Crippen LogP contribution in [0.5, 0.6) is 0 Å². The Bertz CT molecular complexity index is 749. The zero-order valence-electron chi connectivity index (χ0n) is 9.49. The van der Waals surface area contributed by atoms with Crippen LogP contribution in [0.25, 0.3) is 11.5 Å². The van der Waals surface area contributed by atoms with Crippen LogP contribution in [0.1, 0.15) is 4.88 Å². The quantitative estimate of drug-likeness (QED) is 0.731. The van der Waals surface area contributed by atoms with Gasteiger partial charge in [0, 0.05) is 17.3 Å². The molecule has 0 amide bonds. The third-order valence-corrected chi connectivity index (χ3v) is 4.03. The van der Waals surface area contributed by atoms with Gasteiger partial charge in [0.1, 0.15) is 5.69 Å².